The van der Waals surface area contributed by atoms with E-state index in [0.29, 0.717) is 0 Å². The molecule has 5 heteroatoms. The predicted octanol–water partition coefficient (Wildman–Crippen LogP) is 3.22. The van der Waals surface area contributed by atoms with Crippen LogP contribution in [0.25, 0.3) is 11.3 Å². The van der Waals surface area contributed by atoms with Gasteiger partial charge in [-0.25, -0.2) is 0 Å². The van der Waals surface area contributed by atoms with Gasteiger partial charge in [-0.2, -0.15) is 16.9 Å². The minimum Gasteiger partial charge on any atom is -0.345 e. The van der Waals surface area contributed by atoms with Crippen LogP contribution in [0.2, 0.25) is 0 Å². The first-order valence-electron chi connectivity index (χ1n) is 7.49. The Bertz CT molecular complexity index is 597. The van der Waals surface area contributed by atoms with Crippen molar-refractivity contribution >= 4 is 17.7 Å². The molecule has 1 aromatic carbocycles. The van der Waals surface area contributed by atoms with E-state index in [2.05, 4.69) is 28.4 Å². The number of nitrogens with zero attached hydrogens (tertiary/aromatic N) is 2. The fourth-order valence-corrected chi connectivity index (χ4v) is 2.66. The van der Waals surface area contributed by atoms with Crippen molar-refractivity contribution in [2.75, 3.05) is 19.8 Å². The minimum atomic E-state index is 0.0295. The van der Waals surface area contributed by atoms with Crippen molar-refractivity contribution in [2.24, 2.45) is 0 Å². The molecule has 1 amide bonds. The lowest BCUT2D eigenvalue weighted by atomic mass is 10.1. The van der Waals surface area contributed by atoms with Gasteiger partial charge in [-0.1, -0.05) is 30.3 Å². The second kappa shape index (κ2) is 8.03. The summed E-state index contributed by atoms with van der Waals surface area (Å²) in [6.07, 6.45) is 3.79. The largest absolute Gasteiger partial charge is 0.345 e. The van der Waals surface area contributed by atoms with E-state index in [-0.39, 0.29) is 11.2 Å². The van der Waals surface area contributed by atoms with Crippen molar-refractivity contribution in [3.8, 4) is 11.3 Å². The maximum atomic E-state index is 12.0. The minimum absolute atomic E-state index is 0.0295. The van der Waals surface area contributed by atoms with Gasteiger partial charge in [-0.05, 0) is 32.1 Å². The summed E-state index contributed by atoms with van der Waals surface area (Å²) in [5.41, 5.74) is 3.19. The van der Waals surface area contributed by atoms with Crippen LogP contribution in [0.15, 0.2) is 36.4 Å². The van der Waals surface area contributed by atoms with Gasteiger partial charge in [-0.15, -0.1) is 0 Å². The molecule has 0 bridgehead atoms. The maximum Gasteiger partial charge on any atom is 0.235 e. The van der Waals surface area contributed by atoms with Crippen LogP contribution in [0.1, 0.15) is 19.0 Å². The van der Waals surface area contributed by atoms with Crippen molar-refractivity contribution in [1.82, 2.24) is 15.1 Å². The molecule has 0 spiro atoms. The van der Waals surface area contributed by atoms with E-state index in [0.717, 1.165) is 36.3 Å². The molecule has 1 N–H and O–H groups in total. The molecular formula is C17H23N3OS. The highest BCUT2D eigenvalue weighted by atomic mass is 32.2. The monoisotopic (exact) mass is 317 g/mol. The number of aromatic nitrogens is 2. The number of carbonyl (C=O) groups excluding carboxylic acids is 1. The molecule has 0 fully saturated rings. The van der Waals surface area contributed by atoms with E-state index in [9.17, 15) is 4.79 Å². The Morgan fingerprint density at radius 1 is 1.36 bits per heavy atom. The molecule has 0 aliphatic heterocycles. The molecule has 0 saturated carbocycles. The number of thioether (sulfide) groups is 1. The highest BCUT2D eigenvalue weighted by Crippen LogP contribution is 2.17. The third-order valence-corrected chi connectivity index (χ3v) is 4.63. The summed E-state index contributed by atoms with van der Waals surface area (Å²) in [6.45, 7) is 2.72. The average molecular weight is 317 g/mol. The van der Waals surface area contributed by atoms with Crippen LogP contribution in [0, 0.1) is 0 Å². The summed E-state index contributed by atoms with van der Waals surface area (Å²) >= 11 is 1.58. The van der Waals surface area contributed by atoms with E-state index >= 15 is 0 Å². The Hall–Kier alpha value is -1.75. The van der Waals surface area contributed by atoms with Crippen LogP contribution in [0.3, 0.4) is 0 Å². The van der Waals surface area contributed by atoms with Gasteiger partial charge in [0.25, 0.3) is 0 Å². The first-order chi connectivity index (χ1) is 10.6. The Morgan fingerprint density at radius 3 is 2.77 bits per heavy atom. The SMILES string of the molecule is CSC(C)C(=O)N(C)CCCc1cc(-c2ccccc2)n[nH]1. The van der Waals surface area contributed by atoms with Gasteiger partial charge >= 0.3 is 0 Å². The molecule has 0 saturated heterocycles. The van der Waals surface area contributed by atoms with Gasteiger partial charge in [0.1, 0.15) is 0 Å². The number of hydrogen-bond acceptors (Lipinski definition) is 3. The van der Waals surface area contributed by atoms with E-state index in [1.165, 1.54) is 0 Å². The third kappa shape index (κ3) is 4.37. The summed E-state index contributed by atoms with van der Waals surface area (Å²) in [6, 6.07) is 12.2. The first kappa shape index (κ1) is 16.6. The number of benzene rings is 1. The van der Waals surface area contributed by atoms with Gasteiger partial charge in [0.15, 0.2) is 0 Å². The Kier molecular flexibility index (Phi) is 6.07. The highest BCUT2D eigenvalue weighted by molar-refractivity contribution is 7.99. The molecule has 22 heavy (non-hydrogen) atoms. The zero-order valence-corrected chi connectivity index (χ0v) is 14.2. The van der Waals surface area contributed by atoms with Crippen molar-refractivity contribution < 1.29 is 4.79 Å². The van der Waals surface area contributed by atoms with E-state index in [1.807, 2.05) is 43.3 Å². The zero-order valence-electron chi connectivity index (χ0n) is 13.4. The van der Waals surface area contributed by atoms with Gasteiger partial charge in [0.2, 0.25) is 5.91 Å². The molecule has 1 atom stereocenters. The maximum absolute atomic E-state index is 12.0. The van der Waals surface area contributed by atoms with Gasteiger partial charge < -0.3 is 4.90 Å². The molecule has 1 heterocycles. The van der Waals surface area contributed by atoms with E-state index in [1.54, 1.807) is 11.8 Å². The Morgan fingerprint density at radius 2 is 2.09 bits per heavy atom. The molecule has 0 aliphatic rings. The second-order valence-corrected chi connectivity index (χ2v) is 6.56. The van der Waals surface area contributed by atoms with Crippen LogP contribution >= 0.6 is 11.8 Å². The first-order valence-corrected chi connectivity index (χ1v) is 8.78. The van der Waals surface area contributed by atoms with Crippen LogP contribution in [-0.4, -0.2) is 46.1 Å². The number of rotatable bonds is 7. The van der Waals surface area contributed by atoms with Gasteiger partial charge in [0.05, 0.1) is 10.9 Å². The predicted molar refractivity (Wildman–Crippen MR) is 93.0 cm³/mol. The molecule has 0 radical (unpaired) electrons. The normalized spacial score (nSPS) is 12.1. The highest BCUT2D eigenvalue weighted by Gasteiger charge is 2.15. The summed E-state index contributed by atoms with van der Waals surface area (Å²) in [7, 11) is 1.87. The molecule has 1 aromatic heterocycles. The van der Waals surface area contributed by atoms with Crippen molar-refractivity contribution in [1.29, 1.82) is 0 Å². The molecule has 2 aromatic rings. The molecule has 118 valence electrons. The lowest BCUT2D eigenvalue weighted by Gasteiger charge is -2.20. The van der Waals surface area contributed by atoms with Crippen LogP contribution in [0.4, 0.5) is 0 Å². The summed E-state index contributed by atoms with van der Waals surface area (Å²) in [5, 5.41) is 7.46. The lowest BCUT2D eigenvalue weighted by molar-refractivity contribution is -0.129. The van der Waals surface area contributed by atoms with E-state index < -0.39 is 0 Å². The molecule has 2 rings (SSSR count). The third-order valence-electron chi connectivity index (χ3n) is 3.72. The van der Waals surface area contributed by atoms with Crippen LogP contribution < -0.4 is 0 Å². The topological polar surface area (TPSA) is 49.0 Å². The standard InChI is InChI=1S/C17H23N3OS/c1-13(22-3)17(21)20(2)11-7-10-15-12-16(19-18-15)14-8-5-4-6-9-14/h4-6,8-9,12-13H,7,10-11H2,1-3H3,(H,18,19). The van der Waals surface area contributed by atoms with Crippen molar-refractivity contribution in [3.63, 3.8) is 0 Å². The summed E-state index contributed by atoms with van der Waals surface area (Å²) in [5.74, 6) is 0.196. The number of aromatic amines is 1. The smallest absolute Gasteiger partial charge is 0.235 e. The van der Waals surface area contributed by atoms with Crippen molar-refractivity contribution in [3.05, 3.63) is 42.1 Å². The van der Waals surface area contributed by atoms with Gasteiger partial charge in [-0.3, -0.25) is 9.89 Å². The average Bonchev–Trinajstić information content (AvgIpc) is 3.03. The van der Waals surface area contributed by atoms with E-state index in [4.69, 9.17) is 0 Å². The number of amides is 1. The molecular weight excluding hydrogens is 294 g/mol. The summed E-state index contributed by atoms with van der Waals surface area (Å²) < 4.78 is 0. The fraction of sp³-hybridized carbons (Fsp3) is 0.412. The molecule has 4 nitrogen and oxygen atoms in total. The summed E-state index contributed by atoms with van der Waals surface area (Å²) in [4.78, 5) is 13.8. The quantitative estimate of drug-likeness (QED) is 0.853. The zero-order chi connectivity index (χ0) is 15.9. The number of H-pyrrole nitrogens is 1. The second-order valence-electron chi connectivity index (χ2n) is 5.39. The number of hydrogen-bond donors (Lipinski definition) is 1. The van der Waals surface area contributed by atoms with Gasteiger partial charge in [0, 0.05) is 24.8 Å². The lowest BCUT2D eigenvalue weighted by Crippen LogP contribution is -2.34. The van der Waals surface area contributed by atoms with Crippen LogP contribution in [0.5, 0.6) is 0 Å². The van der Waals surface area contributed by atoms with Crippen molar-refractivity contribution in [2.45, 2.75) is 25.0 Å². The molecule has 1 unspecified atom stereocenters. The molecule has 0 aliphatic carbocycles. The van der Waals surface area contributed by atoms with Crippen LogP contribution in [-0.2, 0) is 11.2 Å². The Labute approximate surface area is 136 Å². The number of carbonyl (C=O) groups is 1. The Balaban J connectivity index is 1.83. The fourth-order valence-electron chi connectivity index (χ4n) is 2.27. The number of nitrogens with one attached hydrogen (secondary N) is 1. The number of aryl methyl sites for hydroxylation is 1.